The summed E-state index contributed by atoms with van der Waals surface area (Å²) in [6.45, 7) is 11.4. The van der Waals surface area contributed by atoms with Crippen molar-refractivity contribution in [3.63, 3.8) is 0 Å². The van der Waals surface area contributed by atoms with Crippen LogP contribution >= 0.6 is 0 Å². The highest BCUT2D eigenvalue weighted by molar-refractivity contribution is 6.99. The molecule has 62 heavy (non-hydrogen) atoms. The second-order valence-electron chi connectivity index (χ2n) is 18.4. The van der Waals surface area contributed by atoms with Gasteiger partial charge in [-0.15, -0.1) is 0 Å². The summed E-state index contributed by atoms with van der Waals surface area (Å²) in [7, 11) is -3.68. The number of aromatic nitrogens is 1. The van der Waals surface area contributed by atoms with Crippen molar-refractivity contribution in [3.8, 4) is 0 Å². The number of ether oxygens (including phenoxy) is 2. The van der Waals surface area contributed by atoms with Gasteiger partial charge in [0, 0.05) is 42.7 Å². The number of carbonyl (C=O) groups is 2. The third-order valence-corrected chi connectivity index (χ3v) is 16.6. The van der Waals surface area contributed by atoms with Crippen molar-refractivity contribution < 1.29 is 50.5 Å². The molecule has 2 N–H and O–H groups in total. The second kappa shape index (κ2) is 16.9. The van der Waals surface area contributed by atoms with Gasteiger partial charge >= 0.3 is 18.1 Å². The number of likely N-dealkylation sites (tertiary alicyclic amines) is 1. The molecule has 3 heterocycles. The molecule has 1 fully saturated rings. The van der Waals surface area contributed by atoms with E-state index in [4.69, 9.17) is 13.9 Å². The summed E-state index contributed by atoms with van der Waals surface area (Å²) in [5.41, 5.74) is -1.17. The Hall–Kier alpha value is -5.09. The number of alkyl halides is 2. The molecule has 3 atom stereocenters. The van der Waals surface area contributed by atoms with Crippen LogP contribution in [0, 0.1) is 23.4 Å². The van der Waals surface area contributed by atoms with Crippen molar-refractivity contribution >= 4 is 41.8 Å². The summed E-state index contributed by atoms with van der Waals surface area (Å²) in [6, 6.07) is 23.0. The Balaban J connectivity index is 1.29. The molecule has 1 amide bonds. The molecular formula is C47H52F5N3O6Si. The number of fused-ring (bicyclic) bond motifs is 3. The fourth-order valence-electron chi connectivity index (χ4n) is 8.69. The number of hydrogen-bond acceptors (Lipinski definition) is 7. The first-order chi connectivity index (χ1) is 29.1. The van der Waals surface area contributed by atoms with Gasteiger partial charge in [0.25, 0.3) is 8.32 Å². The minimum atomic E-state index is -4.28. The van der Waals surface area contributed by atoms with Gasteiger partial charge in [-0.3, -0.25) is 0 Å². The fraction of sp³-hybridized carbons (Fsp3) is 0.404. The smallest absolute Gasteiger partial charge is 0.419 e. The lowest BCUT2D eigenvalue weighted by atomic mass is 9.88. The predicted octanol–water partition coefficient (Wildman–Crippen LogP) is 8.93. The quantitative estimate of drug-likeness (QED) is 0.107. The lowest BCUT2D eigenvalue weighted by molar-refractivity contribution is -0.138. The van der Waals surface area contributed by atoms with Gasteiger partial charge in [-0.2, -0.15) is 8.78 Å². The standard InChI is InChI=1S/C47H52F5N3O6Si/c1-28-20-34-35-23-31(48)18-19-38(35)55(39(34)24-53-28)44(58)60-42(40-36(49)21-29(22-37(40)50)41(56)30-25-54(26-30)43(57)61-45(2,3)4)47(51,52)27-59-62(46(5,6)7,32-14-10-8-11-15-32)33-16-12-9-13-17-33/h8-19,21-23,28,30,41-42,53,56H,20,24-27H2,1-7H3/t28?,41?,42-/m1/s1. The van der Waals surface area contributed by atoms with Gasteiger partial charge in [0.1, 0.15) is 29.7 Å². The molecule has 9 nitrogen and oxygen atoms in total. The molecule has 0 saturated carbocycles. The van der Waals surface area contributed by atoms with E-state index in [-0.39, 0.29) is 36.8 Å². The van der Waals surface area contributed by atoms with Crippen LogP contribution in [0.4, 0.5) is 31.5 Å². The van der Waals surface area contributed by atoms with Gasteiger partial charge in [0.15, 0.2) is 6.10 Å². The lowest BCUT2D eigenvalue weighted by Gasteiger charge is -2.44. The van der Waals surface area contributed by atoms with Crippen molar-refractivity contribution in [2.45, 2.75) is 96.2 Å². The summed E-state index contributed by atoms with van der Waals surface area (Å²) in [5.74, 6) is -8.50. The Bertz CT molecular complexity index is 2390. The minimum Gasteiger partial charge on any atom is -0.444 e. The molecule has 0 bridgehead atoms. The summed E-state index contributed by atoms with van der Waals surface area (Å²) in [5, 5.41) is 15.4. The van der Waals surface area contributed by atoms with Crippen molar-refractivity contribution in [2.75, 3.05) is 19.7 Å². The molecule has 7 rings (SSSR count). The Morgan fingerprint density at radius 3 is 1.98 bits per heavy atom. The van der Waals surface area contributed by atoms with Crippen LogP contribution < -0.4 is 15.7 Å². The maximum Gasteiger partial charge on any atom is 0.419 e. The molecule has 5 aromatic rings. The van der Waals surface area contributed by atoms with E-state index in [0.717, 1.165) is 22.8 Å². The van der Waals surface area contributed by atoms with Gasteiger partial charge in [-0.25, -0.2) is 27.3 Å². The van der Waals surface area contributed by atoms with E-state index in [0.29, 0.717) is 33.4 Å². The monoisotopic (exact) mass is 877 g/mol. The number of nitrogens with one attached hydrogen (secondary N) is 1. The fourth-order valence-corrected chi connectivity index (χ4v) is 13.3. The van der Waals surface area contributed by atoms with Crippen LogP contribution in [-0.2, 0) is 26.9 Å². The third-order valence-electron chi connectivity index (χ3n) is 11.7. The average Bonchev–Trinajstić information content (AvgIpc) is 3.49. The number of aliphatic hydroxyl groups is 1. The number of hydrogen-bond donors (Lipinski definition) is 2. The van der Waals surface area contributed by atoms with Gasteiger partial charge in [-0.05, 0) is 91.0 Å². The first-order valence-electron chi connectivity index (χ1n) is 20.6. The van der Waals surface area contributed by atoms with E-state index >= 15 is 17.6 Å². The molecule has 0 spiro atoms. The van der Waals surface area contributed by atoms with E-state index in [9.17, 15) is 19.1 Å². The van der Waals surface area contributed by atoms with Crippen molar-refractivity contribution in [2.24, 2.45) is 5.92 Å². The third kappa shape index (κ3) is 8.64. The van der Waals surface area contributed by atoms with Crippen LogP contribution in [0.2, 0.25) is 5.04 Å². The molecular weight excluding hydrogens is 826 g/mol. The van der Waals surface area contributed by atoms with Crippen molar-refractivity contribution in [1.29, 1.82) is 0 Å². The van der Waals surface area contributed by atoms with Crippen molar-refractivity contribution in [3.05, 3.63) is 131 Å². The zero-order valence-electron chi connectivity index (χ0n) is 35.8. The average molecular weight is 878 g/mol. The summed E-state index contributed by atoms with van der Waals surface area (Å²) >= 11 is 0. The topological polar surface area (TPSA) is 102 Å². The highest BCUT2D eigenvalue weighted by Gasteiger charge is 2.55. The van der Waals surface area contributed by atoms with E-state index in [1.807, 2.05) is 27.7 Å². The molecule has 330 valence electrons. The number of carbonyl (C=O) groups excluding carboxylic acids is 2. The predicted molar refractivity (Wildman–Crippen MR) is 228 cm³/mol. The summed E-state index contributed by atoms with van der Waals surface area (Å²) in [6.07, 6.45) is -5.98. The zero-order chi connectivity index (χ0) is 44.9. The molecule has 1 saturated heterocycles. The van der Waals surface area contributed by atoms with E-state index < -0.39 is 84.8 Å². The van der Waals surface area contributed by atoms with E-state index in [1.54, 1.807) is 81.4 Å². The van der Waals surface area contributed by atoms with Crippen LogP contribution in [-0.4, -0.2) is 72.3 Å². The zero-order valence-corrected chi connectivity index (χ0v) is 36.8. The van der Waals surface area contributed by atoms with Crippen LogP contribution in [0.25, 0.3) is 10.9 Å². The van der Waals surface area contributed by atoms with Gasteiger partial charge in [0.2, 0.25) is 0 Å². The maximum absolute atomic E-state index is 17.4. The maximum atomic E-state index is 17.4. The molecule has 0 aliphatic carbocycles. The van der Waals surface area contributed by atoms with E-state index in [1.165, 1.54) is 17.0 Å². The molecule has 1 aromatic heterocycles. The number of amides is 1. The highest BCUT2D eigenvalue weighted by Crippen LogP contribution is 2.44. The SMILES string of the molecule is CC1Cc2c(n(C(=O)O[C@H](c3c(F)cc(C(O)C4CN(C(=O)OC(C)(C)C)C4)cc3F)C(F)(F)CO[Si](c3ccccc3)(c3ccccc3)C(C)(C)C)c3ccc(F)cc23)CN1. The molecule has 2 aliphatic rings. The first-order valence-corrected chi connectivity index (χ1v) is 22.6. The summed E-state index contributed by atoms with van der Waals surface area (Å²) in [4.78, 5) is 28.3. The lowest BCUT2D eigenvalue weighted by Crippen LogP contribution is -2.67. The van der Waals surface area contributed by atoms with Crippen molar-refractivity contribution in [1.82, 2.24) is 14.8 Å². The van der Waals surface area contributed by atoms with Gasteiger partial charge < -0.3 is 29.2 Å². The number of aliphatic hydroxyl groups excluding tert-OH is 1. The number of rotatable bonds is 10. The van der Waals surface area contributed by atoms with Crippen LogP contribution in [0.3, 0.4) is 0 Å². The van der Waals surface area contributed by atoms with Gasteiger partial charge in [-0.1, -0.05) is 81.4 Å². The number of halogens is 5. The Labute approximate surface area is 358 Å². The second-order valence-corrected chi connectivity index (χ2v) is 22.7. The van der Waals surface area contributed by atoms with Crippen LogP contribution in [0.15, 0.2) is 91.0 Å². The number of benzene rings is 4. The minimum absolute atomic E-state index is 0.0195. The Morgan fingerprint density at radius 1 is 0.855 bits per heavy atom. The summed E-state index contributed by atoms with van der Waals surface area (Å²) < 4.78 is 101. The molecule has 0 radical (unpaired) electrons. The van der Waals surface area contributed by atoms with Gasteiger partial charge in [0.05, 0.1) is 17.2 Å². The Morgan fingerprint density at radius 2 is 1.44 bits per heavy atom. The molecule has 4 aromatic carbocycles. The molecule has 2 aliphatic heterocycles. The first kappa shape index (κ1) is 44.9. The largest absolute Gasteiger partial charge is 0.444 e. The van der Waals surface area contributed by atoms with E-state index in [2.05, 4.69) is 5.32 Å². The Kier molecular flexibility index (Phi) is 12.2. The highest BCUT2D eigenvalue weighted by atomic mass is 28.4. The van der Waals surface area contributed by atoms with Crippen LogP contribution in [0.5, 0.6) is 0 Å². The molecule has 2 unspecified atom stereocenters. The number of nitrogens with zero attached hydrogens (tertiary/aromatic N) is 2. The normalized spacial score (nSPS) is 17.3. The molecule has 15 heteroatoms. The van der Waals surface area contributed by atoms with Crippen LogP contribution in [0.1, 0.15) is 83.1 Å².